The van der Waals surface area contributed by atoms with Crippen molar-refractivity contribution in [2.75, 3.05) is 5.32 Å². The third-order valence-electron chi connectivity index (χ3n) is 4.16. The van der Waals surface area contributed by atoms with Crippen LogP contribution in [-0.2, 0) is 0 Å². The number of nitrogens with zero attached hydrogens (tertiary/aromatic N) is 1. The van der Waals surface area contributed by atoms with Crippen LogP contribution in [0.1, 0.15) is 15.9 Å². The second-order valence-electron chi connectivity index (χ2n) is 6.10. The number of para-hydroxylation sites is 1. The Hall–Kier alpha value is -2.82. The Kier molecular flexibility index (Phi) is 4.60. The number of benzene rings is 3. The molecule has 0 unspecified atom stereocenters. The molecule has 1 heterocycles. The number of hydrogen-bond acceptors (Lipinski definition) is 3. The number of nitrogens with one attached hydrogen (secondary N) is 1. The lowest BCUT2D eigenvalue weighted by Gasteiger charge is -2.08. The summed E-state index contributed by atoms with van der Waals surface area (Å²) in [4.78, 5) is 17.1. The van der Waals surface area contributed by atoms with E-state index in [1.54, 1.807) is 24.3 Å². The first kappa shape index (κ1) is 17.6. The highest BCUT2D eigenvalue weighted by Gasteiger charge is 2.13. The van der Waals surface area contributed by atoms with Crippen LogP contribution in [0.4, 0.5) is 5.69 Å². The maximum Gasteiger partial charge on any atom is 0.257 e. The quantitative estimate of drug-likeness (QED) is 0.438. The van der Waals surface area contributed by atoms with E-state index in [1.165, 1.54) is 6.07 Å². The fourth-order valence-electron chi connectivity index (χ4n) is 2.81. The summed E-state index contributed by atoms with van der Waals surface area (Å²) in [6.45, 7) is 1.99. The van der Waals surface area contributed by atoms with Crippen LogP contribution < -0.4 is 5.32 Å². The largest absolute Gasteiger partial charge is 0.436 e. The van der Waals surface area contributed by atoms with E-state index in [2.05, 4.69) is 10.3 Å². The molecule has 0 aliphatic carbocycles. The highest BCUT2D eigenvalue weighted by Crippen LogP contribution is 2.28. The van der Waals surface area contributed by atoms with Crippen molar-refractivity contribution in [3.05, 3.63) is 81.8 Å². The molecule has 0 radical (unpaired) electrons. The smallest absolute Gasteiger partial charge is 0.257 e. The van der Waals surface area contributed by atoms with Gasteiger partial charge in [-0.15, -0.1) is 0 Å². The van der Waals surface area contributed by atoms with Crippen molar-refractivity contribution in [2.24, 2.45) is 0 Å². The van der Waals surface area contributed by atoms with Crippen LogP contribution >= 0.6 is 23.2 Å². The van der Waals surface area contributed by atoms with Gasteiger partial charge in [-0.3, -0.25) is 4.79 Å². The summed E-state index contributed by atoms with van der Waals surface area (Å²) in [5.41, 5.74) is 4.28. The highest BCUT2D eigenvalue weighted by atomic mass is 35.5. The van der Waals surface area contributed by atoms with Gasteiger partial charge in [0.2, 0.25) is 5.89 Å². The summed E-state index contributed by atoms with van der Waals surface area (Å²) in [6, 6.07) is 17.8. The average molecular weight is 397 g/mol. The van der Waals surface area contributed by atoms with Gasteiger partial charge in [0.05, 0.1) is 10.6 Å². The Bertz CT molecular complexity index is 1170. The fourth-order valence-corrected chi connectivity index (χ4v) is 3.19. The molecule has 1 aromatic heterocycles. The van der Waals surface area contributed by atoms with Crippen molar-refractivity contribution in [1.29, 1.82) is 0 Å². The third-order valence-corrected chi connectivity index (χ3v) is 4.73. The van der Waals surface area contributed by atoms with Gasteiger partial charge >= 0.3 is 0 Å². The van der Waals surface area contributed by atoms with Crippen molar-refractivity contribution in [1.82, 2.24) is 4.98 Å². The second kappa shape index (κ2) is 7.06. The lowest BCUT2D eigenvalue weighted by molar-refractivity contribution is 0.102. The van der Waals surface area contributed by atoms with Gasteiger partial charge in [0.15, 0.2) is 5.58 Å². The van der Waals surface area contributed by atoms with Crippen molar-refractivity contribution in [3.8, 4) is 11.5 Å². The van der Waals surface area contributed by atoms with Crippen molar-refractivity contribution >= 4 is 45.9 Å². The van der Waals surface area contributed by atoms with Crippen LogP contribution in [0.3, 0.4) is 0 Å². The van der Waals surface area contributed by atoms with E-state index < -0.39 is 0 Å². The maximum absolute atomic E-state index is 12.5. The van der Waals surface area contributed by atoms with Gasteiger partial charge in [0, 0.05) is 16.3 Å². The van der Waals surface area contributed by atoms with E-state index in [1.807, 2.05) is 37.3 Å². The van der Waals surface area contributed by atoms with Crippen LogP contribution in [-0.4, -0.2) is 10.9 Å². The predicted molar refractivity (Wildman–Crippen MR) is 109 cm³/mol. The van der Waals surface area contributed by atoms with Crippen LogP contribution in [0.5, 0.6) is 0 Å². The zero-order valence-electron chi connectivity index (χ0n) is 14.3. The molecule has 0 bridgehead atoms. The number of oxazole rings is 1. The fraction of sp³-hybridized carbons (Fsp3) is 0.0476. The molecule has 4 nitrogen and oxygen atoms in total. The van der Waals surface area contributed by atoms with Gasteiger partial charge in [-0.05, 0) is 55.0 Å². The number of rotatable bonds is 3. The van der Waals surface area contributed by atoms with E-state index >= 15 is 0 Å². The lowest BCUT2D eigenvalue weighted by Crippen LogP contribution is -2.12. The van der Waals surface area contributed by atoms with Crippen molar-refractivity contribution < 1.29 is 9.21 Å². The second-order valence-corrected chi connectivity index (χ2v) is 6.94. The summed E-state index contributed by atoms with van der Waals surface area (Å²) in [7, 11) is 0. The molecule has 0 aliphatic rings. The van der Waals surface area contributed by atoms with Crippen LogP contribution in [0.2, 0.25) is 10.0 Å². The van der Waals surface area contributed by atoms with Gasteiger partial charge < -0.3 is 9.73 Å². The molecule has 1 N–H and O–H groups in total. The number of anilines is 1. The van der Waals surface area contributed by atoms with E-state index in [9.17, 15) is 4.79 Å². The van der Waals surface area contributed by atoms with Gasteiger partial charge in [0.25, 0.3) is 5.91 Å². The summed E-state index contributed by atoms with van der Waals surface area (Å²) in [6.07, 6.45) is 0. The SMILES string of the molecule is Cc1cccc2oc(-c3cccc(NC(=O)c4cc(Cl)ccc4Cl)c3)nc12. The number of fused-ring (bicyclic) bond motifs is 1. The van der Waals surface area contributed by atoms with Crippen LogP contribution in [0.15, 0.2) is 65.1 Å². The molecule has 0 fully saturated rings. The third kappa shape index (κ3) is 3.54. The monoisotopic (exact) mass is 396 g/mol. The summed E-state index contributed by atoms with van der Waals surface area (Å²) in [5, 5.41) is 3.61. The number of aryl methyl sites for hydroxylation is 1. The van der Waals surface area contributed by atoms with Crippen molar-refractivity contribution in [3.63, 3.8) is 0 Å². The minimum atomic E-state index is -0.340. The molecule has 0 aliphatic heterocycles. The minimum Gasteiger partial charge on any atom is -0.436 e. The summed E-state index contributed by atoms with van der Waals surface area (Å²) in [5.74, 6) is 0.157. The van der Waals surface area contributed by atoms with E-state index in [4.69, 9.17) is 27.6 Å². The van der Waals surface area contributed by atoms with Crippen LogP contribution in [0.25, 0.3) is 22.6 Å². The number of aromatic nitrogens is 1. The molecule has 0 saturated heterocycles. The molecule has 134 valence electrons. The Balaban J connectivity index is 1.65. The number of halogens is 2. The molecule has 4 rings (SSSR count). The van der Waals surface area contributed by atoms with Gasteiger partial charge in [-0.2, -0.15) is 0 Å². The Morgan fingerprint density at radius 1 is 1.04 bits per heavy atom. The first-order chi connectivity index (χ1) is 13.0. The number of carbonyl (C=O) groups excluding carboxylic acids is 1. The van der Waals surface area contributed by atoms with Gasteiger partial charge in [-0.25, -0.2) is 4.98 Å². The standard InChI is InChI=1S/C21H14Cl2N2O2/c1-12-4-2-7-18-19(12)25-21(27-18)13-5-3-6-15(10-13)24-20(26)16-11-14(22)8-9-17(16)23/h2-11H,1H3,(H,24,26). The maximum atomic E-state index is 12.5. The molecule has 1 amide bonds. The molecule has 4 aromatic rings. The molecule has 0 atom stereocenters. The normalized spacial score (nSPS) is 10.9. The summed E-state index contributed by atoms with van der Waals surface area (Å²) < 4.78 is 5.85. The minimum absolute atomic E-state index is 0.312. The molecular formula is C21H14Cl2N2O2. The zero-order chi connectivity index (χ0) is 19.0. The Labute approximate surface area is 165 Å². The Morgan fingerprint density at radius 2 is 1.85 bits per heavy atom. The van der Waals surface area contributed by atoms with E-state index in [-0.39, 0.29) is 5.91 Å². The van der Waals surface area contributed by atoms with Gasteiger partial charge in [-0.1, -0.05) is 41.4 Å². The van der Waals surface area contributed by atoms with Crippen molar-refractivity contribution in [2.45, 2.75) is 6.92 Å². The van der Waals surface area contributed by atoms with Gasteiger partial charge in [0.1, 0.15) is 5.52 Å². The van der Waals surface area contributed by atoms with Crippen LogP contribution in [0, 0.1) is 6.92 Å². The molecule has 0 saturated carbocycles. The molecule has 6 heteroatoms. The first-order valence-corrected chi connectivity index (χ1v) is 9.00. The number of carbonyl (C=O) groups is 1. The Morgan fingerprint density at radius 3 is 2.67 bits per heavy atom. The topological polar surface area (TPSA) is 55.1 Å². The first-order valence-electron chi connectivity index (χ1n) is 8.24. The molecular weight excluding hydrogens is 383 g/mol. The zero-order valence-corrected chi connectivity index (χ0v) is 15.8. The molecule has 0 spiro atoms. The number of amides is 1. The number of hydrogen-bond donors (Lipinski definition) is 1. The van der Waals surface area contributed by atoms with E-state index in [0.29, 0.717) is 27.2 Å². The highest BCUT2D eigenvalue weighted by molar-refractivity contribution is 6.36. The lowest BCUT2D eigenvalue weighted by atomic mass is 10.1. The molecule has 3 aromatic carbocycles. The average Bonchev–Trinajstić information content (AvgIpc) is 3.10. The summed E-state index contributed by atoms with van der Waals surface area (Å²) >= 11 is 12.1. The molecule has 27 heavy (non-hydrogen) atoms. The van der Waals surface area contributed by atoms with E-state index in [0.717, 1.165) is 22.2 Å². The predicted octanol–water partition coefficient (Wildman–Crippen LogP) is 6.36.